The molecule has 11 nitrogen and oxygen atoms in total. The van der Waals surface area contributed by atoms with Crippen molar-refractivity contribution in [2.45, 2.75) is 24.5 Å². The van der Waals surface area contributed by atoms with E-state index in [0.717, 1.165) is 22.5 Å². The number of aromatic amines is 1. The Labute approximate surface area is 203 Å². The van der Waals surface area contributed by atoms with E-state index in [2.05, 4.69) is 19.3 Å². The highest BCUT2D eigenvalue weighted by Gasteiger charge is 2.42. The molecular weight excluding hydrogens is 505 g/mol. The number of anilines is 2. The second-order valence-corrected chi connectivity index (χ2v) is 8.72. The van der Waals surface area contributed by atoms with Crippen LogP contribution < -0.4 is 16.2 Å². The molecule has 0 saturated carbocycles. The van der Waals surface area contributed by atoms with Crippen LogP contribution in [0.3, 0.4) is 0 Å². The Balaban J connectivity index is 1.46. The molecule has 1 aliphatic heterocycles. The fraction of sp³-hybridized carbons (Fsp3) is 0.286. The first-order valence-electron chi connectivity index (χ1n) is 10.5. The Morgan fingerprint density at radius 2 is 1.97 bits per heavy atom. The molecule has 36 heavy (non-hydrogen) atoms. The van der Waals surface area contributed by atoms with E-state index in [1.165, 1.54) is 18.2 Å². The predicted molar refractivity (Wildman–Crippen MR) is 122 cm³/mol. The molecule has 3 unspecified atom stereocenters. The quantitative estimate of drug-likeness (QED) is 0.311. The lowest BCUT2D eigenvalue weighted by molar-refractivity contribution is -0.207. The highest BCUT2D eigenvalue weighted by molar-refractivity contribution is 7.14. The number of fused-ring (bicyclic) bond motifs is 3. The number of morpholine rings is 1. The van der Waals surface area contributed by atoms with Crippen molar-refractivity contribution in [3.63, 3.8) is 0 Å². The second kappa shape index (κ2) is 8.77. The van der Waals surface area contributed by atoms with Crippen LogP contribution in [0, 0.1) is 0 Å². The van der Waals surface area contributed by atoms with Crippen molar-refractivity contribution >= 4 is 50.1 Å². The number of aliphatic hydroxyl groups excluding tert-OH is 2. The minimum absolute atomic E-state index is 0.0624. The number of halogens is 3. The molecule has 5 N–H and O–H groups in total. The summed E-state index contributed by atoms with van der Waals surface area (Å²) in [5, 5.41) is 21.2. The van der Waals surface area contributed by atoms with Gasteiger partial charge in [0.15, 0.2) is 12.2 Å². The van der Waals surface area contributed by atoms with Crippen molar-refractivity contribution in [2.75, 3.05) is 23.8 Å². The number of pyridine rings is 1. The molecule has 1 amide bonds. The Morgan fingerprint density at radius 3 is 2.72 bits per heavy atom. The van der Waals surface area contributed by atoms with Crippen molar-refractivity contribution in [3.05, 3.63) is 52.2 Å². The normalized spacial score (nSPS) is 18.6. The van der Waals surface area contributed by atoms with Gasteiger partial charge in [0.05, 0.1) is 34.4 Å². The maximum absolute atomic E-state index is 13.1. The molecule has 1 aromatic carbocycles. The summed E-state index contributed by atoms with van der Waals surface area (Å²) in [5.74, 6) is -0.944. The van der Waals surface area contributed by atoms with Crippen LogP contribution >= 0.6 is 11.5 Å². The van der Waals surface area contributed by atoms with E-state index in [9.17, 15) is 33.0 Å². The Morgan fingerprint density at radius 1 is 1.19 bits per heavy atom. The number of nitrogen functional groups attached to an aromatic ring is 1. The molecule has 4 heterocycles. The number of rotatable bonds is 4. The van der Waals surface area contributed by atoms with Crippen LogP contribution in [0.15, 0.2) is 35.1 Å². The number of ether oxygens (including phenoxy) is 1. The van der Waals surface area contributed by atoms with Crippen molar-refractivity contribution in [2.24, 2.45) is 0 Å². The molecule has 0 radical (unpaired) electrons. The van der Waals surface area contributed by atoms with Gasteiger partial charge in [-0.25, -0.2) is 9.97 Å². The molecule has 5 rings (SSSR count). The molecule has 15 heteroatoms. The fourth-order valence-corrected chi connectivity index (χ4v) is 4.76. The number of nitrogens with one attached hydrogen (secondary N) is 1. The molecule has 3 atom stereocenters. The summed E-state index contributed by atoms with van der Waals surface area (Å²) in [6.45, 7) is -0.146. The zero-order valence-corrected chi connectivity index (χ0v) is 18.9. The van der Waals surface area contributed by atoms with Gasteiger partial charge < -0.3 is 25.7 Å². The molecule has 1 fully saturated rings. The van der Waals surface area contributed by atoms with Gasteiger partial charge in [0.1, 0.15) is 23.6 Å². The highest BCUT2D eigenvalue weighted by Crippen LogP contribution is 2.33. The van der Waals surface area contributed by atoms with Gasteiger partial charge in [0.2, 0.25) is 0 Å². The number of aliphatic hydroxyl groups is 2. The van der Waals surface area contributed by atoms with Gasteiger partial charge in [0, 0.05) is 5.39 Å². The van der Waals surface area contributed by atoms with Crippen LogP contribution in [0.25, 0.3) is 21.0 Å². The van der Waals surface area contributed by atoms with Gasteiger partial charge in [-0.15, -0.1) is 0 Å². The molecule has 3 aromatic heterocycles. The molecule has 1 saturated heterocycles. The second-order valence-electron chi connectivity index (χ2n) is 7.95. The maximum Gasteiger partial charge on any atom is 0.420 e. The first kappa shape index (κ1) is 24.1. The lowest BCUT2D eigenvalue weighted by Gasteiger charge is -2.33. The molecule has 0 bridgehead atoms. The third-order valence-corrected chi connectivity index (χ3v) is 6.56. The summed E-state index contributed by atoms with van der Waals surface area (Å²) >= 11 is 1.02. The van der Waals surface area contributed by atoms with Gasteiger partial charge in [-0.1, -0.05) is 6.07 Å². The van der Waals surface area contributed by atoms with Crippen molar-refractivity contribution in [1.82, 2.24) is 19.3 Å². The summed E-state index contributed by atoms with van der Waals surface area (Å²) in [4.78, 5) is 37.5. The summed E-state index contributed by atoms with van der Waals surface area (Å²) in [5.41, 5.74) is 4.77. The van der Waals surface area contributed by atoms with Crippen LogP contribution in [0.5, 0.6) is 0 Å². The fourth-order valence-electron chi connectivity index (χ4n) is 3.91. The number of hydrogen-bond acceptors (Lipinski definition) is 10. The van der Waals surface area contributed by atoms with Gasteiger partial charge in [-0.3, -0.25) is 14.5 Å². The van der Waals surface area contributed by atoms with Gasteiger partial charge in [-0.2, -0.15) is 17.5 Å². The SMILES string of the molecule is Nc1nsc2c1ccc1nc(C(O)C3OCCN(c4cccc(C(O)C(F)(F)F)n4)C3=O)[nH]c(=O)c12. The van der Waals surface area contributed by atoms with Crippen LogP contribution in [0.4, 0.5) is 24.8 Å². The molecule has 4 aromatic rings. The smallest absolute Gasteiger partial charge is 0.382 e. The number of carbonyl (C=O) groups excluding carboxylic acids is 1. The van der Waals surface area contributed by atoms with Crippen molar-refractivity contribution in [1.29, 1.82) is 0 Å². The van der Waals surface area contributed by atoms with E-state index in [1.54, 1.807) is 6.07 Å². The summed E-state index contributed by atoms with van der Waals surface area (Å²) in [7, 11) is 0. The molecular formula is C21H17F3N6O5S. The van der Waals surface area contributed by atoms with E-state index in [0.29, 0.717) is 10.1 Å². The van der Waals surface area contributed by atoms with Crippen LogP contribution in [0.1, 0.15) is 23.7 Å². The van der Waals surface area contributed by atoms with E-state index in [1.807, 2.05) is 0 Å². The highest BCUT2D eigenvalue weighted by atomic mass is 32.1. The van der Waals surface area contributed by atoms with Gasteiger partial charge in [0.25, 0.3) is 11.5 Å². The van der Waals surface area contributed by atoms with Crippen molar-refractivity contribution in [3.8, 4) is 0 Å². The van der Waals surface area contributed by atoms with Crippen molar-refractivity contribution < 1.29 is 32.9 Å². The number of alkyl halides is 3. The van der Waals surface area contributed by atoms with Gasteiger partial charge in [-0.05, 0) is 35.8 Å². The van der Waals surface area contributed by atoms with E-state index < -0.39 is 41.6 Å². The standard InChI is InChI=1S/C21H17F3N6O5S/c22-21(23,24)16(32)10-2-1-3-11(26-10)30-6-7-35-14(20(30)34)13(31)18-27-9-5-4-8-15(36-29-17(8)25)12(9)19(33)28-18/h1-5,13-14,16,31-32H,6-7H2,(H2,25,29)(H,27,28,33). The number of aromatic nitrogens is 4. The predicted octanol–water partition coefficient (Wildman–Crippen LogP) is 1.57. The zero-order chi connectivity index (χ0) is 25.8. The maximum atomic E-state index is 13.1. The Hall–Kier alpha value is -3.66. The number of benzene rings is 1. The number of hydrogen-bond donors (Lipinski definition) is 4. The van der Waals surface area contributed by atoms with Gasteiger partial charge >= 0.3 is 6.18 Å². The molecule has 188 valence electrons. The lowest BCUT2D eigenvalue weighted by atomic mass is 10.1. The average Bonchev–Trinajstić information content (AvgIpc) is 3.23. The summed E-state index contributed by atoms with van der Waals surface area (Å²) in [6, 6.07) is 6.66. The number of nitrogens with two attached hydrogens (primary N) is 1. The third-order valence-electron chi connectivity index (χ3n) is 5.67. The Bertz CT molecular complexity index is 1540. The summed E-state index contributed by atoms with van der Waals surface area (Å²) < 4.78 is 48.7. The topological polar surface area (TPSA) is 168 Å². The molecule has 0 aliphatic carbocycles. The lowest BCUT2D eigenvalue weighted by Crippen LogP contribution is -2.51. The monoisotopic (exact) mass is 522 g/mol. The number of H-pyrrole nitrogens is 1. The first-order chi connectivity index (χ1) is 17.1. The van der Waals surface area contributed by atoms with E-state index >= 15 is 0 Å². The third kappa shape index (κ3) is 4.05. The van der Waals surface area contributed by atoms with Crippen LogP contribution in [-0.2, 0) is 9.53 Å². The van der Waals surface area contributed by atoms with Crippen LogP contribution in [0.2, 0.25) is 0 Å². The number of carbonyl (C=O) groups is 1. The minimum atomic E-state index is -4.94. The zero-order valence-electron chi connectivity index (χ0n) is 18.1. The number of nitrogens with zero attached hydrogens (tertiary/aromatic N) is 4. The Kier molecular flexibility index (Phi) is 5.86. The first-order valence-corrected chi connectivity index (χ1v) is 11.2. The average molecular weight is 522 g/mol. The van der Waals surface area contributed by atoms with E-state index in [4.69, 9.17) is 10.5 Å². The molecule has 0 spiro atoms. The number of amides is 1. The van der Waals surface area contributed by atoms with Crippen LogP contribution in [-0.4, -0.2) is 60.9 Å². The largest absolute Gasteiger partial charge is 0.420 e. The minimum Gasteiger partial charge on any atom is -0.382 e. The summed E-state index contributed by atoms with van der Waals surface area (Å²) in [6.07, 6.45) is -11.0. The molecule has 1 aliphatic rings. The van der Waals surface area contributed by atoms with E-state index in [-0.39, 0.29) is 41.5 Å².